The lowest BCUT2D eigenvalue weighted by atomic mass is 9.91. The van der Waals surface area contributed by atoms with Crippen LogP contribution in [0.4, 0.5) is 0 Å². The second-order valence-corrected chi connectivity index (χ2v) is 14.7. The minimum absolute atomic E-state index is 0.000141. The first kappa shape index (κ1) is 43.3. The largest absolute Gasteiger partial charge is 0.508 e. The number of aliphatic imine (C=N–C) groups is 2. The molecule has 314 valence electrons. The number of unbranched alkanes of at least 4 members (excludes halogenated alkanes) is 1. The van der Waals surface area contributed by atoms with Crippen LogP contribution in [0.2, 0.25) is 0 Å². The van der Waals surface area contributed by atoms with Crippen molar-refractivity contribution in [2.24, 2.45) is 38.7 Å². The highest BCUT2D eigenvalue weighted by Gasteiger charge is 2.59. The monoisotopic (exact) mass is 810 g/mol. The minimum Gasteiger partial charge on any atom is -0.508 e. The number of benzene rings is 3. The van der Waals surface area contributed by atoms with Gasteiger partial charge in [0.05, 0.1) is 0 Å². The number of phenolic OH excluding ortho intramolecular Hbond substituents is 2. The van der Waals surface area contributed by atoms with E-state index in [2.05, 4.69) is 36.2 Å². The summed E-state index contributed by atoms with van der Waals surface area (Å²) < 4.78 is 0. The number of hydrogen-bond donors (Lipinski definition) is 12. The van der Waals surface area contributed by atoms with Gasteiger partial charge in [0, 0.05) is 55.5 Å². The van der Waals surface area contributed by atoms with Gasteiger partial charge in [-0.05, 0) is 79.1 Å². The molecule has 0 spiro atoms. The van der Waals surface area contributed by atoms with E-state index in [0.29, 0.717) is 31.4 Å². The number of primary amides is 1. The molecule has 5 rings (SSSR count). The molecule has 1 fully saturated rings. The molecular formula is C41H54N12O6. The van der Waals surface area contributed by atoms with Gasteiger partial charge >= 0.3 is 0 Å². The van der Waals surface area contributed by atoms with Gasteiger partial charge in [-0.2, -0.15) is 0 Å². The van der Waals surface area contributed by atoms with E-state index < -0.39 is 47.3 Å². The number of carbonyl (C=O) groups excluding carboxylic acids is 4. The Labute approximate surface area is 341 Å². The zero-order valence-corrected chi connectivity index (χ0v) is 32.7. The molecule has 0 bridgehead atoms. The number of rotatable bonds is 22. The Kier molecular flexibility index (Phi) is 14.7. The van der Waals surface area contributed by atoms with Crippen molar-refractivity contribution in [3.05, 3.63) is 95.7 Å². The molecule has 1 aliphatic rings. The number of carbonyl (C=O) groups is 4. The van der Waals surface area contributed by atoms with E-state index >= 15 is 0 Å². The summed E-state index contributed by atoms with van der Waals surface area (Å²) in [4.78, 5) is 66.6. The number of fused-ring (bicyclic) bond motifs is 1. The number of para-hydroxylation sites is 1. The van der Waals surface area contributed by atoms with E-state index in [9.17, 15) is 29.4 Å². The maximum absolute atomic E-state index is 14.4. The summed E-state index contributed by atoms with van der Waals surface area (Å²) in [5.41, 5.74) is 29.7. The molecule has 18 nitrogen and oxygen atoms in total. The highest BCUT2D eigenvalue weighted by molar-refractivity contribution is 5.97. The van der Waals surface area contributed by atoms with Crippen LogP contribution < -0.4 is 49.9 Å². The van der Waals surface area contributed by atoms with Gasteiger partial charge in [0.25, 0.3) is 0 Å². The van der Waals surface area contributed by atoms with Gasteiger partial charge in [-0.1, -0.05) is 42.5 Å². The van der Waals surface area contributed by atoms with Crippen LogP contribution in [-0.4, -0.2) is 93.5 Å². The predicted octanol–water partition coefficient (Wildman–Crippen LogP) is -0.245. The zero-order chi connectivity index (χ0) is 42.5. The molecule has 59 heavy (non-hydrogen) atoms. The van der Waals surface area contributed by atoms with Crippen LogP contribution in [0, 0.1) is 0 Å². The fourth-order valence-corrected chi connectivity index (χ4v) is 7.09. The number of nitrogens with one attached hydrogen (secondary N) is 5. The van der Waals surface area contributed by atoms with E-state index in [4.69, 9.17) is 28.7 Å². The highest BCUT2D eigenvalue weighted by Crippen LogP contribution is 2.35. The molecule has 5 atom stereocenters. The van der Waals surface area contributed by atoms with Crippen molar-refractivity contribution < 1.29 is 29.4 Å². The first-order valence-corrected chi connectivity index (χ1v) is 19.4. The summed E-state index contributed by atoms with van der Waals surface area (Å²) in [6, 6.07) is 16.5. The van der Waals surface area contributed by atoms with Gasteiger partial charge < -0.3 is 59.8 Å². The molecule has 18 heteroatoms. The second kappa shape index (κ2) is 20.0. The maximum Gasteiger partial charge on any atom is 0.243 e. The second-order valence-electron chi connectivity index (χ2n) is 14.7. The number of aromatic amines is 1. The van der Waals surface area contributed by atoms with Crippen molar-refractivity contribution in [2.75, 3.05) is 13.1 Å². The number of hydrogen-bond acceptors (Lipinski definition) is 9. The Morgan fingerprint density at radius 3 is 1.93 bits per heavy atom. The Morgan fingerprint density at radius 2 is 1.29 bits per heavy atom. The number of phenols is 2. The third-order valence-electron chi connectivity index (χ3n) is 10.3. The van der Waals surface area contributed by atoms with E-state index in [0.717, 1.165) is 22.0 Å². The van der Waals surface area contributed by atoms with Crippen LogP contribution in [0.3, 0.4) is 0 Å². The Balaban J connectivity index is 1.38. The molecule has 0 aliphatic carbocycles. The van der Waals surface area contributed by atoms with Crippen molar-refractivity contribution in [1.82, 2.24) is 26.3 Å². The summed E-state index contributed by atoms with van der Waals surface area (Å²) in [5.74, 6) is -2.60. The Bertz CT molecular complexity index is 2130. The average Bonchev–Trinajstić information content (AvgIpc) is 3.75. The summed E-state index contributed by atoms with van der Waals surface area (Å²) in [6.07, 6.45) is 4.44. The molecule has 3 aromatic carbocycles. The molecule has 0 saturated carbocycles. The molecule has 17 N–H and O–H groups in total. The quantitative estimate of drug-likeness (QED) is 0.0213. The molecule has 0 radical (unpaired) electrons. The summed E-state index contributed by atoms with van der Waals surface area (Å²) in [5, 5.41) is 32.5. The van der Waals surface area contributed by atoms with E-state index in [1.807, 2.05) is 24.3 Å². The van der Waals surface area contributed by atoms with Crippen LogP contribution in [0.25, 0.3) is 10.9 Å². The van der Waals surface area contributed by atoms with Crippen LogP contribution in [-0.2, 0) is 38.4 Å². The van der Waals surface area contributed by atoms with E-state index in [-0.39, 0.29) is 68.1 Å². The third-order valence-corrected chi connectivity index (χ3v) is 10.3. The number of aromatic nitrogens is 1. The lowest BCUT2D eigenvalue weighted by Gasteiger charge is -2.26. The summed E-state index contributed by atoms with van der Waals surface area (Å²) >= 11 is 0. The molecule has 1 aromatic heterocycles. The topological polar surface area (TPSA) is 337 Å². The number of amides is 4. The van der Waals surface area contributed by atoms with Crippen molar-refractivity contribution >= 4 is 46.5 Å². The number of guanidine groups is 2. The summed E-state index contributed by atoms with van der Waals surface area (Å²) in [7, 11) is 0. The van der Waals surface area contributed by atoms with E-state index in [1.165, 1.54) is 24.3 Å². The van der Waals surface area contributed by atoms with Crippen LogP contribution in [0.5, 0.6) is 11.5 Å². The van der Waals surface area contributed by atoms with Gasteiger partial charge in [-0.25, -0.2) is 0 Å². The van der Waals surface area contributed by atoms with Crippen LogP contribution in [0.1, 0.15) is 48.8 Å². The number of nitrogens with zero attached hydrogens (tertiary/aromatic N) is 2. The Hall–Kier alpha value is -6.82. The standard InChI is InChI=1S/C41H54N12O6/c42-35(56)32(21-26-23-49-30-7-2-1-6-29(26)30)51-36(57)31(8-5-19-48-40(45)46)50-37(58)33(20-24-10-14-27(54)15-11-24)52-38(59)41(22-25-12-16-28(55)17-13-25)34(53-41)9-3-4-18-47-39(43)44/h1-2,6-7,10-17,23,31-34,49,53-55H,3-5,8-9,18-22H2,(H2,42,56)(H,50,58)(H,51,57)(H,52,59)(H4,43,44,47)(H4,45,46,48)/t31-,32-,33-,34?,41+/m0/s1. The van der Waals surface area contributed by atoms with Crippen LogP contribution in [0.15, 0.2) is 89.0 Å². The van der Waals surface area contributed by atoms with Gasteiger partial charge in [-0.3, -0.25) is 34.5 Å². The minimum atomic E-state index is -1.19. The normalized spacial score (nSPS) is 17.2. The number of H-pyrrole nitrogens is 1. The van der Waals surface area contributed by atoms with Crippen molar-refractivity contribution in [3.8, 4) is 11.5 Å². The van der Waals surface area contributed by atoms with Gasteiger partial charge in [0.1, 0.15) is 35.2 Å². The smallest absolute Gasteiger partial charge is 0.243 e. The zero-order valence-electron chi connectivity index (χ0n) is 32.7. The fourth-order valence-electron chi connectivity index (χ4n) is 7.09. The van der Waals surface area contributed by atoms with Crippen molar-refractivity contribution in [1.29, 1.82) is 0 Å². The molecule has 1 unspecified atom stereocenters. The van der Waals surface area contributed by atoms with Crippen LogP contribution >= 0.6 is 0 Å². The SMILES string of the molecule is NC(=O)[C@H](Cc1c[nH]c2ccccc12)NC(=O)[C@H](CCCN=C(N)N)NC(=O)[C@H](Cc1ccc(O)cc1)NC(=O)[C@]1(Cc2ccc(O)cc2)NC1CCCCN=C(N)N. The maximum atomic E-state index is 14.4. The number of aromatic hydroxyl groups is 2. The first-order valence-electron chi connectivity index (χ1n) is 19.4. The third kappa shape index (κ3) is 12.3. The average molecular weight is 811 g/mol. The predicted molar refractivity (Wildman–Crippen MR) is 225 cm³/mol. The molecule has 4 aromatic rings. The van der Waals surface area contributed by atoms with Gasteiger partial charge in [0.15, 0.2) is 11.9 Å². The van der Waals surface area contributed by atoms with Crippen molar-refractivity contribution in [3.63, 3.8) is 0 Å². The Morgan fingerprint density at radius 1 is 0.695 bits per heavy atom. The lowest BCUT2D eigenvalue weighted by molar-refractivity contribution is -0.133. The molecular weight excluding hydrogens is 757 g/mol. The van der Waals surface area contributed by atoms with E-state index in [1.54, 1.807) is 30.5 Å². The highest BCUT2D eigenvalue weighted by atomic mass is 16.3. The van der Waals surface area contributed by atoms with Gasteiger partial charge in [-0.15, -0.1) is 0 Å². The molecule has 2 heterocycles. The molecule has 1 saturated heterocycles. The first-order chi connectivity index (χ1) is 28.2. The molecule has 1 aliphatic heterocycles. The lowest BCUT2D eigenvalue weighted by Crippen LogP contribution is -2.58. The number of nitrogens with two attached hydrogens (primary N) is 5. The molecule has 4 amide bonds. The van der Waals surface area contributed by atoms with Gasteiger partial charge in [0.2, 0.25) is 23.6 Å². The fraction of sp³-hybridized carbons (Fsp3) is 0.366. The summed E-state index contributed by atoms with van der Waals surface area (Å²) in [6.45, 7) is 0.591. The van der Waals surface area contributed by atoms with Crippen molar-refractivity contribution in [2.45, 2.75) is 81.1 Å².